The van der Waals surface area contributed by atoms with E-state index in [4.69, 9.17) is 4.74 Å². The Kier molecular flexibility index (Phi) is 6.74. The number of amides is 2. The molecular weight excluding hydrogens is 184 g/mol. The summed E-state index contributed by atoms with van der Waals surface area (Å²) in [5, 5.41) is 5.20. The average Bonchev–Trinajstić information content (AvgIpc) is 2.02. The second-order valence-electron chi connectivity index (χ2n) is 3.24. The van der Waals surface area contributed by atoms with Crippen molar-refractivity contribution in [2.75, 3.05) is 20.3 Å². The summed E-state index contributed by atoms with van der Waals surface area (Å²) in [6.45, 7) is 4.59. The Bertz CT molecular complexity index is 192. The van der Waals surface area contributed by atoms with E-state index in [-0.39, 0.29) is 24.3 Å². The van der Waals surface area contributed by atoms with Gasteiger partial charge in [0.2, 0.25) is 11.8 Å². The molecule has 0 bridgehead atoms. The van der Waals surface area contributed by atoms with Gasteiger partial charge in [0, 0.05) is 19.7 Å². The van der Waals surface area contributed by atoms with E-state index >= 15 is 0 Å². The number of hydrogen-bond acceptors (Lipinski definition) is 3. The van der Waals surface area contributed by atoms with Gasteiger partial charge in [-0.1, -0.05) is 0 Å². The second-order valence-corrected chi connectivity index (χ2v) is 3.24. The van der Waals surface area contributed by atoms with Crippen molar-refractivity contribution in [1.82, 2.24) is 10.6 Å². The summed E-state index contributed by atoms with van der Waals surface area (Å²) in [4.78, 5) is 22.2. The van der Waals surface area contributed by atoms with Gasteiger partial charge in [0.25, 0.3) is 0 Å². The highest BCUT2D eigenvalue weighted by molar-refractivity contribution is 5.96. The Morgan fingerprint density at radius 2 is 1.93 bits per heavy atom. The molecule has 0 radical (unpaired) electrons. The highest BCUT2D eigenvalue weighted by Crippen LogP contribution is 1.83. The van der Waals surface area contributed by atoms with Gasteiger partial charge >= 0.3 is 0 Å². The van der Waals surface area contributed by atoms with E-state index in [0.717, 1.165) is 0 Å². The zero-order chi connectivity index (χ0) is 11.0. The Morgan fingerprint density at radius 1 is 1.29 bits per heavy atom. The molecule has 0 aromatic rings. The molecule has 0 aliphatic carbocycles. The van der Waals surface area contributed by atoms with Crippen LogP contribution in [0, 0.1) is 0 Å². The molecule has 0 saturated heterocycles. The highest BCUT2D eigenvalue weighted by Gasteiger charge is 2.08. The van der Waals surface area contributed by atoms with Gasteiger partial charge in [0.05, 0.1) is 6.61 Å². The van der Waals surface area contributed by atoms with Gasteiger partial charge in [0.1, 0.15) is 6.42 Å². The summed E-state index contributed by atoms with van der Waals surface area (Å²) in [5.74, 6) is -0.532. The number of carbonyl (C=O) groups is 2. The van der Waals surface area contributed by atoms with Crippen LogP contribution < -0.4 is 10.6 Å². The summed E-state index contributed by atoms with van der Waals surface area (Å²) in [7, 11) is 1.55. The van der Waals surface area contributed by atoms with Crippen molar-refractivity contribution in [1.29, 1.82) is 0 Å². The van der Waals surface area contributed by atoms with E-state index in [1.165, 1.54) is 0 Å². The molecule has 2 N–H and O–H groups in total. The molecule has 0 atom stereocenters. The fourth-order valence-electron chi connectivity index (χ4n) is 0.874. The fourth-order valence-corrected chi connectivity index (χ4v) is 0.874. The molecule has 2 amide bonds. The average molecular weight is 202 g/mol. The van der Waals surface area contributed by atoms with Gasteiger partial charge in [-0.15, -0.1) is 0 Å². The van der Waals surface area contributed by atoms with Crippen LogP contribution in [-0.4, -0.2) is 38.1 Å². The standard InChI is InChI=1S/C9H18N2O3/c1-7(2)11-9(13)6-8(12)10-4-5-14-3/h7H,4-6H2,1-3H3,(H,10,12)(H,11,13). The quantitative estimate of drug-likeness (QED) is 0.457. The van der Waals surface area contributed by atoms with Crippen molar-refractivity contribution in [3.8, 4) is 0 Å². The lowest BCUT2D eigenvalue weighted by atomic mass is 10.3. The number of methoxy groups -OCH3 is 1. The Labute approximate surface area is 84.2 Å². The smallest absolute Gasteiger partial charge is 0.229 e. The van der Waals surface area contributed by atoms with Crippen LogP contribution in [0.4, 0.5) is 0 Å². The second kappa shape index (κ2) is 7.32. The Balaban J connectivity index is 3.56. The van der Waals surface area contributed by atoms with Crippen molar-refractivity contribution in [3.63, 3.8) is 0 Å². The zero-order valence-electron chi connectivity index (χ0n) is 8.92. The van der Waals surface area contributed by atoms with Gasteiger partial charge < -0.3 is 15.4 Å². The molecule has 0 aliphatic heterocycles. The minimum atomic E-state index is -0.278. The topological polar surface area (TPSA) is 67.4 Å². The SMILES string of the molecule is COCCNC(=O)CC(=O)NC(C)C. The predicted octanol–water partition coefficient (Wildman–Crippen LogP) is -0.336. The minimum absolute atomic E-state index is 0.0641. The Morgan fingerprint density at radius 3 is 2.43 bits per heavy atom. The van der Waals surface area contributed by atoms with Gasteiger partial charge in [-0.3, -0.25) is 9.59 Å². The monoisotopic (exact) mass is 202 g/mol. The highest BCUT2D eigenvalue weighted by atomic mass is 16.5. The van der Waals surface area contributed by atoms with Gasteiger partial charge in [-0.25, -0.2) is 0 Å². The maximum atomic E-state index is 11.1. The van der Waals surface area contributed by atoms with Gasteiger partial charge in [0.15, 0.2) is 0 Å². The van der Waals surface area contributed by atoms with E-state index < -0.39 is 0 Å². The molecule has 0 fully saturated rings. The van der Waals surface area contributed by atoms with Crippen LogP contribution in [0.2, 0.25) is 0 Å². The molecule has 82 valence electrons. The lowest BCUT2D eigenvalue weighted by Crippen LogP contribution is -2.36. The number of hydrogen-bond donors (Lipinski definition) is 2. The van der Waals surface area contributed by atoms with Crippen LogP contribution in [0.3, 0.4) is 0 Å². The van der Waals surface area contributed by atoms with Crippen molar-refractivity contribution in [3.05, 3.63) is 0 Å². The van der Waals surface area contributed by atoms with Crippen LogP contribution in [0.15, 0.2) is 0 Å². The molecule has 5 nitrogen and oxygen atoms in total. The summed E-state index contributed by atoms with van der Waals surface area (Å²) >= 11 is 0. The molecule has 0 unspecified atom stereocenters. The predicted molar refractivity (Wildman–Crippen MR) is 52.8 cm³/mol. The van der Waals surface area contributed by atoms with Crippen molar-refractivity contribution in [2.45, 2.75) is 26.3 Å². The first-order valence-electron chi connectivity index (χ1n) is 4.61. The fraction of sp³-hybridized carbons (Fsp3) is 0.778. The largest absolute Gasteiger partial charge is 0.383 e. The van der Waals surface area contributed by atoms with Crippen LogP contribution in [0.1, 0.15) is 20.3 Å². The molecule has 0 aromatic heterocycles. The normalized spacial score (nSPS) is 10.0. The number of nitrogens with one attached hydrogen (secondary N) is 2. The third-order valence-corrected chi connectivity index (χ3v) is 1.40. The maximum absolute atomic E-state index is 11.1. The van der Waals surface area contributed by atoms with Crippen LogP contribution in [-0.2, 0) is 14.3 Å². The maximum Gasteiger partial charge on any atom is 0.229 e. The summed E-state index contributed by atoms with van der Waals surface area (Å²) < 4.78 is 4.75. The van der Waals surface area contributed by atoms with Crippen molar-refractivity contribution < 1.29 is 14.3 Å². The molecule has 0 spiro atoms. The minimum Gasteiger partial charge on any atom is -0.383 e. The van der Waals surface area contributed by atoms with Gasteiger partial charge in [-0.2, -0.15) is 0 Å². The van der Waals surface area contributed by atoms with Crippen LogP contribution >= 0.6 is 0 Å². The first-order valence-corrected chi connectivity index (χ1v) is 4.61. The molecular formula is C9H18N2O3. The van der Waals surface area contributed by atoms with Crippen molar-refractivity contribution in [2.24, 2.45) is 0 Å². The lowest BCUT2D eigenvalue weighted by Gasteiger charge is -2.08. The van der Waals surface area contributed by atoms with E-state index in [9.17, 15) is 9.59 Å². The van der Waals surface area contributed by atoms with Crippen molar-refractivity contribution >= 4 is 11.8 Å². The molecule has 0 heterocycles. The van der Waals surface area contributed by atoms with E-state index in [1.54, 1.807) is 7.11 Å². The lowest BCUT2D eigenvalue weighted by molar-refractivity contribution is -0.129. The molecule has 0 aliphatic rings. The molecule has 0 aromatic carbocycles. The number of ether oxygens (including phenoxy) is 1. The third kappa shape index (κ3) is 7.54. The summed E-state index contributed by atoms with van der Waals surface area (Å²) in [6.07, 6.45) is -0.123. The number of rotatable bonds is 6. The van der Waals surface area contributed by atoms with E-state index in [0.29, 0.717) is 13.2 Å². The van der Waals surface area contributed by atoms with E-state index in [2.05, 4.69) is 10.6 Å². The Hall–Kier alpha value is -1.10. The summed E-state index contributed by atoms with van der Waals surface area (Å²) in [6, 6.07) is 0.0641. The first-order chi connectivity index (χ1) is 6.56. The number of carbonyl (C=O) groups excluding carboxylic acids is 2. The third-order valence-electron chi connectivity index (χ3n) is 1.40. The van der Waals surface area contributed by atoms with Crippen LogP contribution in [0.5, 0.6) is 0 Å². The molecule has 0 rings (SSSR count). The van der Waals surface area contributed by atoms with Crippen LogP contribution in [0.25, 0.3) is 0 Å². The molecule has 14 heavy (non-hydrogen) atoms. The summed E-state index contributed by atoms with van der Waals surface area (Å²) in [5.41, 5.74) is 0. The van der Waals surface area contributed by atoms with E-state index in [1.807, 2.05) is 13.8 Å². The molecule has 0 saturated carbocycles. The molecule has 5 heteroatoms. The van der Waals surface area contributed by atoms with Gasteiger partial charge in [-0.05, 0) is 13.8 Å². The zero-order valence-corrected chi connectivity index (χ0v) is 8.92. The first kappa shape index (κ1) is 12.9.